The third kappa shape index (κ3) is 4.83. The lowest BCUT2D eigenvalue weighted by atomic mass is 9.47. The first-order chi connectivity index (χ1) is 14.6. The molecule has 0 amide bonds. The van der Waals surface area contributed by atoms with Gasteiger partial charge in [-0.1, -0.05) is 59.0 Å². The van der Waals surface area contributed by atoms with Crippen LogP contribution < -0.4 is 0 Å². The maximum Gasteiger partial charge on any atom is 0.303 e. The molecule has 3 aliphatic carbocycles. The van der Waals surface area contributed by atoms with Crippen molar-refractivity contribution in [1.82, 2.24) is 0 Å². The molecule has 4 heteroatoms. The molecular formula is C27H47NO3. The maximum atomic E-state index is 11.1. The number of rotatable bonds is 9. The van der Waals surface area contributed by atoms with Crippen LogP contribution in [0.1, 0.15) is 112 Å². The van der Waals surface area contributed by atoms with E-state index < -0.39 is 5.97 Å². The van der Waals surface area contributed by atoms with E-state index in [-0.39, 0.29) is 11.8 Å². The van der Waals surface area contributed by atoms with Crippen molar-refractivity contribution in [3.63, 3.8) is 0 Å². The zero-order chi connectivity index (χ0) is 22.8. The third-order valence-corrected chi connectivity index (χ3v) is 10.0. The topological polar surface area (TPSA) is 69.9 Å². The molecule has 0 aromatic rings. The summed E-state index contributed by atoms with van der Waals surface area (Å²) in [5, 5.41) is 22.7. The van der Waals surface area contributed by atoms with Crippen LogP contribution in [-0.2, 0) is 4.79 Å². The fraction of sp³-hybridized carbons (Fsp3) is 0.926. The number of aliphatic carboxylic acids is 1. The number of oxime groups is 1. The number of carboxylic acids is 1. The number of carbonyl (C=O) groups is 1. The van der Waals surface area contributed by atoms with Gasteiger partial charge in [-0.05, 0) is 92.3 Å². The predicted molar refractivity (Wildman–Crippen MR) is 126 cm³/mol. The number of hydrogen-bond donors (Lipinski definition) is 2. The van der Waals surface area contributed by atoms with Crippen LogP contribution in [0, 0.1) is 46.3 Å². The number of nitrogens with zero attached hydrogens (tertiary/aromatic N) is 1. The molecule has 0 unspecified atom stereocenters. The second kappa shape index (κ2) is 9.83. The van der Waals surface area contributed by atoms with Gasteiger partial charge in [0.25, 0.3) is 0 Å². The van der Waals surface area contributed by atoms with Gasteiger partial charge in [0, 0.05) is 11.8 Å². The zero-order valence-corrected chi connectivity index (χ0v) is 20.7. The van der Waals surface area contributed by atoms with Crippen LogP contribution in [0.4, 0.5) is 0 Å². The first-order valence-corrected chi connectivity index (χ1v) is 13.1. The van der Waals surface area contributed by atoms with Gasteiger partial charge in [0.15, 0.2) is 0 Å². The molecule has 0 radical (unpaired) electrons. The van der Waals surface area contributed by atoms with Crippen molar-refractivity contribution in [2.75, 3.05) is 0 Å². The van der Waals surface area contributed by atoms with Crippen molar-refractivity contribution < 1.29 is 15.1 Å². The van der Waals surface area contributed by atoms with Gasteiger partial charge in [-0.3, -0.25) is 4.79 Å². The summed E-state index contributed by atoms with van der Waals surface area (Å²) in [4.78, 5) is 11.1. The van der Waals surface area contributed by atoms with Gasteiger partial charge >= 0.3 is 5.97 Å². The summed E-state index contributed by atoms with van der Waals surface area (Å²) in [7, 11) is 0. The minimum absolute atomic E-state index is 0.143. The van der Waals surface area contributed by atoms with Gasteiger partial charge in [-0.15, -0.1) is 0 Å². The van der Waals surface area contributed by atoms with Crippen LogP contribution in [0.25, 0.3) is 0 Å². The minimum Gasteiger partial charge on any atom is -0.481 e. The Morgan fingerprint density at radius 1 is 1.06 bits per heavy atom. The number of fused-ring (bicyclic) bond motifs is 3. The van der Waals surface area contributed by atoms with Crippen molar-refractivity contribution in [3.8, 4) is 0 Å². The lowest BCUT2D eigenvalue weighted by molar-refractivity contribution is -0.137. The Kier molecular flexibility index (Phi) is 7.79. The monoisotopic (exact) mass is 433 g/mol. The van der Waals surface area contributed by atoms with E-state index in [0.29, 0.717) is 23.7 Å². The average Bonchev–Trinajstić information content (AvgIpc) is 3.05. The Balaban J connectivity index is 1.74. The first-order valence-electron chi connectivity index (χ1n) is 13.1. The number of hydrogen-bond acceptors (Lipinski definition) is 3. The Bertz CT molecular complexity index is 659. The van der Waals surface area contributed by atoms with Gasteiger partial charge in [-0.25, -0.2) is 0 Å². The highest BCUT2D eigenvalue weighted by atomic mass is 16.4. The van der Waals surface area contributed by atoms with Gasteiger partial charge in [0.05, 0.1) is 5.71 Å². The largest absolute Gasteiger partial charge is 0.481 e. The minimum atomic E-state index is -0.722. The highest BCUT2D eigenvalue weighted by molar-refractivity contribution is 5.90. The first kappa shape index (κ1) is 24.6. The lowest BCUT2D eigenvalue weighted by Crippen LogP contribution is -2.52. The standard InChI is InChI=1S/C27H47NO3/c1-18(2)8-6-9-19(3)21-12-13-22-20-11-14-24(28-31)27(5,16-7-10-25(29)30)23(20)15-17-26(21,22)4/h18-23,31H,6-17H2,1-5H3,(H,29,30)/t19-,20+,21-,22+,23+,26-,27-/m1/s1. The molecule has 0 bridgehead atoms. The van der Waals surface area contributed by atoms with Crippen molar-refractivity contribution in [3.05, 3.63) is 0 Å². The normalized spacial score (nSPS) is 40.0. The van der Waals surface area contributed by atoms with Crippen molar-refractivity contribution in [2.45, 2.75) is 112 Å². The molecule has 4 nitrogen and oxygen atoms in total. The molecule has 31 heavy (non-hydrogen) atoms. The smallest absolute Gasteiger partial charge is 0.303 e. The molecular weight excluding hydrogens is 386 g/mol. The summed E-state index contributed by atoms with van der Waals surface area (Å²) in [5.74, 6) is 3.75. The van der Waals surface area contributed by atoms with Crippen molar-refractivity contribution >= 4 is 11.7 Å². The highest BCUT2D eigenvalue weighted by Gasteiger charge is 2.59. The van der Waals surface area contributed by atoms with E-state index >= 15 is 0 Å². The lowest BCUT2D eigenvalue weighted by Gasteiger charge is -2.57. The highest BCUT2D eigenvalue weighted by Crippen LogP contribution is 2.66. The van der Waals surface area contributed by atoms with E-state index in [1.54, 1.807) is 0 Å². The summed E-state index contributed by atoms with van der Waals surface area (Å²) in [6.07, 6.45) is 13.0. The van der Waals surface area contributed by atoms with Crippen LogP contribution in [0.3, 0.4) is 0 Å². The molecule has 0 saturated heterocycles. The van der Waals surface area contributed by atoms with Gasteiger partial charge in [0.1, 0.15) is 0 Å². The van der Waals surface area contributed by atoms with E-state index in [9.17, 15) is 10.0 Å². The second-order valence-electron chi connectivity index (χ2n) is 12.2. The Morgan fingerprint density at radius 2 is 1.81 bits per heavy atom. The average molecular weight is 434 g/mol. The van der Waals surface area contributed by atoms with E-state index in [4.69, 9.17) is 5.11 Å². The predicted octanol–water partition coefficient (Wildman–Crippen LogP) is 7.39. The summed E-state index contributed by atoms with van der Waals surface area (Å²) < 4.78 is 0. The molecule has 0 aromatic carbocycles. The fourth-order valence-electron chi connectivity index (χ4n) is 8.41. The zero-order valence-electron chi connectivity index (χ0n) is 20.7. The molecule has 3 rings (SSSR count). The Labute approximate surface area is 190 Å². The summed E-state index contributed by atoms with van der Waals surface area (Å²) >= 11 is 0. The molecule has 0 heterocycles. The van der Waals surface area contributed by atoms with Gasteiger partial charge in [-0.2, -0.15) is 0 Å². The number of carboxylic acid groups (broad SMARTS) is 1. The maximum absolute atomic E-state index is 11.1. The van der Waals surface area contributed by atoms with E-state index in [1.807, 2.05) is 0 Å². The SMILES string of the molecule is CC(C)CCC[C@@H](C)[C@H]1CC[C@H]2[C@@H]3CCC(=NO)[C@](C)(CCCC(=O)O)[C@H]3CC[C@]12C. The molecule has 178 valence electrons. The molecule has 0 aliphatic heterocycles. The third-order valence-electron chi connectivity index (χ3n) is 10.0. The summed E-state index contributed by atoms with van der Waals surface area (Å²) in [6.45, 7) is 12.0. The van der Waals surface area contributed by atoms with Crippen LogP contribution in [-0.4, -0.2) is 22.0 Å². The van der Waals surface area contributed by atoms with Crippen LogP contribution in [0.15, 0.2) is 5.16 Å². The van der Waals surface area contributed by atoms with Crippen LogP contribution in [0.5, 0.6) is 0 Å². The Morgan fingerprint density at radius 3 is 2.45 bits per heavy atom. The molecule has 0 spiro atoms. The summed E-state index contributed by atoms with van der Waals surface area (Å²) in [6, 6.07) is 0. The van der Waals surface area contributed by atoms with E-state index in [1.165, 1.54) is 44.9 Å². The summed E-state index contributed by atoms with van der Waals surface area (Å²) in [5.41, 5.74) is 1.24. The Hall–Kier alpha value is -1.06. The van der Waals surface area contributed by atoms with E-state index in [0.717, 1.165) is 48.6 Å². The molecule has 0 aromatic heterocycles. The van der Waals surface area contributed by atoms with Crippen molar-refractivity contribution in [2.24, 2.45) is 51.5 Å². The van der Waals surface area contributed by atoms with Gasteiger partial charge < -0.3 is 10.3 Å². The molecule has 7 atom stereocenters. The van der Waals surface area contributed by atoms with Crippen molar-refractivity contribution in [1.29, 1.82) is 0 Å². The quantitative estimate of drug-likeness (QED) is 0.294. The molecule has 2 N–H and O–H groups in total. The van der Waals surface area contributed by atoms with E-state index in [2.05, 4.69) is 39.8 Å². The fourth-order valence-corrected chi connectivity index (χ4v) is 8.41. The van der Waals surface area contributed by atoms with Crippen LogP contribution >= 0.6 is 0 Å². The molecule has 3 saturated carbocycles. The van der Waals surface area contributed by atoms with Gasteiger partial charge in [0.2, 0.25) is 0 Å². The molecule has 3 aliphatic rings. The molecule has 3 fully saturated rings. The second-order valence-corrected chi connectivity index (χ2v) is 12.2. The van der Waals surface area contributed by atoms with Crippen LogP contribution in [0.2, 0.25) is 0 Å².